The van der Waals surface area contributed by atoms with Gasteiger partial charge in [-0.25, -0.2) is 14.8 Å². The molecule has 0 aromatic carbocycles. The SMILES string of the molecule is COc1cncnc1C1CCN(C(=O)OC(C)(C)C)CC1. The highest BCUT2D eigenvalue weighted by Crippen LogP contribution is 2.32. The molecule has 6 nitrogen and oxygen atoms in total. The average Bonchev–Trinajstić information content (AvgIpc) is 2.45. The van der Waals surface area contributed by atoms with Gasteiger partial charge in [0.2, 0.25) is 0 Å². The molecule has 1 saturated heterocycles. The molecule has 0 unspecified atom stereocenters. The van der Waals surface area contributed by atoms with Crippen molar-refractivity contribution in [3.8, 4) is 5.75 Å². The molecule has 6 heteroatoms. The van der Waals surface area contributed by atoms with Crippen LogP contribution in [0.25, 0.3) is 0 Å². The van der Waals surface area contributed by atoms with Crippen LogP contribution in [-0.2, 0) is 4.74 Å². The number of carbonyl (C=O) groups excluding carboxylic acids is 1. The molecule has 1 aliphatic heterocycles. The van der Waals surface area contributed by atoms with Crippen LogP contribution in [-0.4, -0.2) is 46.8 Å². The van der Waals surface area contributed by atoms with E-state index in [1.54, 1.807) is 18.2 Å². The number of methoxy groups -OCH3 is 1. The summed E-state index contributed by atoms with van der Waals surface area (Å²) >= 11 is 0. The Morgan fingerprint density at radius 2 is 2.00 bits per heavy atom. The smallest absolute Gasteiger partial charge is 0.410 e. The van der Waals surface area contributed by atoms with Gasteiger partial charge in [0, 0.05) is 19.0 Å². The number of amides is 1. The van der Waals surface area contributed by atoms with Crippen molar-refractivity contribution in [2.45, 2.75) is 45.1 Å². The van der Waals surface area contributed by atoms with Gasteiger partial charge in [-0.05, 0) is 33.6 Å². The number of hydrogen-bond acceptors (Lipinski definition) is 5. The molecule has 0 radical (unpaired) electrons. The Kier molecular flexibility index (Phi) is 4.65. The highest BCUT2D eigenvalue weighted by molar-refractivity contribution is 5.68. The van der Waals surface area contributed by atoms with Gasteiger partial charge in [0.1, 0.15) is 11.9 Å². The number of piperidine rings is 1. The molecule has 0 aliphatic carbocycles. The summed E-state index contributed by atoms with van der Waals surface area (Å²) in [6.45, 7) is 6.98. The molecular weight excluding hydrogens is 270 g/mol. The lowest BCUT2D eigenvalue weighted by Crippen LogP contribution is -2.41. The fraction of sp³-hybridized carbons (Fsp3) is 0.667. The first kappa shape index (κ1) is 15.5. The minimum Gasteiger partial charge on any atom is -0.493 e. The van der Waals surface area contributed by atoms with E-state index in [0.717, 1.165) is 18.5 Å². The summed E-state index contributed by atoms with van der Waals surface area (Å²) in [7, 11) is 1.62. The van der Waals surface area contributed by atoms with Gasteiger partial charge in [0.25, 0.3) is 0 Å². The van der Waals surface area contributed by atoms with Crippen LogP contribution in [0, 0.1) is 0 Å². The Balaban J connectivity index is 1.96. The van der Waals surface area contributed by atoms with Gasteiger partial charge in [-0.1, -0.05) is 0 Å². The quantitative estimate of drug-likeness (QED) is 0.838. The van der Waals surface area contributed by atoms with E-state index in [1.807, 2.05) is 20.8 Å². The topological polar surface area (TPSA) is 64.6 Å². The predicted molar refractivity (Wildman–Crippen MR) is 78.4 cm³/mol. The molecule has 1 fully saturated rings. The second-order valence-electron chi connectivity index (χ2n) is 6.22. The average molecular weight is 293 g/mol. The predicted octanol–water partition coefficient (Wildman–Crippen LogP) is 2.60. The van der Waals surface area contributed by atoms with Crippen LogP contribution in [0.15, 0.2) is 12.5 Å². The van der Waals surface area contributed by atoms with E-state index < -0.39 is 5.60 Å². The van der Waals surface area contributed by atoms with Crippen molar-refractivity contribution >= 4 is 6.09 Å². The van der Waals surface area contributed by atoms with Gasteiger partial charge in [0.15, 0.2) is 5.75 Å². The second-order valence-corrected chi connectivity index (χ2v) is 6.22. The van der Waals surface area contributed by atoms with E-state index in [4.69, 9.17) is 9.47 Å². The summed E-state index contributed by atoms with van der Waals surface area (Å²) in [5.41, 5.74) is 0.473. The molecule has 1 amide bonds. The second kappa shape index (κ2) is 6.28. The largest absolute Gasteiger partial charge is 0.493 e. The summed E-state index contributed by atoms with van der Waals surface area (Å²) in [5.74, 6) is 1.01. The van der Waals surface area contributed by atoms with Crippen LogP contribution in [0.2, 0.25) is 0 Å². The molecule has 2 rings (SSSR count). The molecule has 0 N–H and O–H groups in total. The fourth-order valence-corrected chi connectivity index (χ4v) is 2.45. The minimum atomic E-state index is -0.455. The molecule has 21 heavy (non-hydrogen) atoms. The third-order valence-corrected chi connectivity index (χ3v) is 3.46. The van der Waals surface area contributed by atoms with E-state index in [-0.39, 0.29) is 6.09 Å². The fourth-order valence-electron chi connectivity index (χ4n) is 2.45. The van der Waals surface area contributed by atoms with Gasteiger partial charge in [-0.2, -0.15) is 0 Å². The number of aromatic nitrogens is 2. The summed E-state index contributed by atoms with van der Waals surface area (Å²) in [5, 5.41) is 0. The van der Waals surface area contributed by atoms with Crippen LogP contribution in [0.3, 0.4) is 0 Å². The van der Waals surface area contributed by atoms with Crippen LogP contribution < -0.4 is 4.74 Å². The molecule has 0 spiro atoms. The number of hydrogen-bond donors (Lipinski definition) is 0. The van der Waals surface area contributed by atoms with Crippen molar-refractivity contribution in [1.82, 2.24) is 14.9 Å². The maximum absolute atomic E-state index is 12.0. The van der Waals surface area contributed by atoms with Gasteiger partial charge in [-0.3, -0.25) is 0 Å². The normalized spacial score (nSPS) is 16.7. The Labute approximate surface area is 125 Å². The Bertz CT molecular complexity index is 491. The van der Waals surface area contributed by atoms with Crippen molar-refractivity contribution in [3.05, 3.63) is 18.2 Å². The highest BCUT2D eigenvalue weighted by atomic mass is 16.6. The first-order chi connectivity index (χ1) is 9.90. The lowest BCUT2D eigenvalue weighted by molar-refractivity contribution is 0.0203. The van der Waals surface area contributed by atoms with Gasteiger partial charge >= 0.3 is 6.09 Å². The Morgan fingerprint density at radius 3 is 2.57 bits per heavy atom. The first-order valence-corrected chi connectivity index (χ1v) is 7.22. The number of ether oxygens (including phenoxy) is 2. The summed E-state index contributed by atoms with van der Waals surface area (Å²) < 4.78 is 10.7. The van der Waals surface area contributed by atoms with Gasteiger partial charge < -0.3 is 14.4 Å². The number of rotatable bonds is 2. The third kappa shape index (κ3) is 4.06. The zero-order valence-electron chi connectivity index (χ0n) is 13.1. The zero-order valence-corrected chi connectivity index (χ0v) is 13.1. The van der Waals surface area contributed by atoms with Crippen molar-refractivity contribution in [2.75, 3.05) is 20.2 Å². The van der Waals surface area contributed by atoms with E-state index in [1.165, 1.54) is 6.33 Å². The highest BCUT2D eigenvalue weighted by Gasteiger charge is 2.29. The summed E-state index contributed by atoms with van der Waals surface area (Å²) in [4.78, 5) is 22.1. The lowest BCUT2D eigenvalue weighted by atomic mass is 9.93. The molecule has 1 aromatic heterocycles. The van der Waals surface area contributed by atoms with Crippen LogP contribution in [0.1, 0.15) is 45.2 Å². The monoisotopic (exact) mass is 293 g/mol. The molecule has 0 bridgehead atoms. The number of carbonyl (C=O) groups is 1. The van der Waals surface area contributed by atoms with Gasteiger partial charge in [-0.15, -0.1) is 0 Å². The maximum Gasteiger partial charge on any atom is 0.410 e. The van der Waals surface area contributed by atoms with Crippen LogP contribution in [0.4, 0.5) is 4.79 Å². The van der Waals surface area contributed by atoms with Crippen LogP contribution in [0.5, 0.6) is 5.75 Å². The third-order valence-electron chi connectivity index (χ3n) is 3.46. The molecule has 0 saturated carbocycles. The van der Waals surface area contributed by atoms with E-state index in [9.17, 15) is 4.79 Å². The first-order valence-electron chi connectivity index (χ1n) is 7.22. The maximum atomic E-state index is 12.0. The lowest BCUT2D eigenvalue weighted by Gasteiger charge is -2.33. The summed E-state index contributed by atoms with van der Waals surface area (Å²) in [6.07, 6.45) is 4.69. The number of likely N-dealkylation sites (tertiary alicyclic amines) is 1. The van der Waals surface area contributed by atoms with Crippen molar-refractivity contribution < 1.29 is 14.3 Å². The van der Waals surface area contributed by atoms with E-state index in [0.29, 0.717) is 24.8 Å². The Hall–Kier alpha value is -1.85. The molecular formula is C15H23N3O3. The van der Waals surface area contributed by atoms with Crippen LogP contribution >= 0.6 is 0 Å². The zero-order chi connectivity index (χ0) is 15.5. The molecule has 0 atom stereocenters. The molecule has 2 heterocycles. The molecule has 1 aliphatic rings. The van der Waals surface area contributed by atoms with Crippen molar-refractivity contribution in [2.24, 2.45) is 0 Å². The van der Waals surface area contributed by atoms with Gasteiger partial charge in [0.05, 0.1) is 19.0 Å². The Morgan fingerprint density at radius 1 is 1.33 bits per heavy atom. The standard InChI is InChI=1S/C15H23N3O3/c1-15(2,3)21-14(19)18-7-5-11(6-8-18)13-12(20-4)9-16-10-17-13/h9-11H,5-8H2,1-4H3. The van der Waals surface area contributed by atoms with E-state index in [2.05, 4.69) is 9.97 Å². The van der Waals surface area contributed by atoms with Crippen molar-refractivity contribution in [1.29, 1.82) is 0 Å². The number of nitrogens with zero attached hydrogens (tertiary/aromatic N) is 3. The summed E-state index contributed by atoms with van der Waals surface area (Å²) in [6, 6.07) is 0. The van der Waals surface area contributed by atoms with E-state index >= 15 is 0 Å². The molecule has 1 aromatic rings. The van der Waals surface area contributed by atoms with Crippen molar-refractivity contribution in [3.63, 3.8) is 0 Å². The minimum absolute atomic E-state index is 0.240. The molecule has 116 valence electrons.